The number of unbranched alkanes of at least 4 members (excludes halogenated alkanes) is 2. The number of phenols is 1. The monoisotopic (exact) mass is 745 g/mol. The van der Waals surface area contributed by atoms with Crippen molar-refractivity contribution >= 4 is 56.1 Å². The largest absolute Gasteiger partial charge is 0.772 e. The Morgan fingerprint density at radius 1 is 1.08 bits per heavy atom. The average Bonchev–Trinajstić information content (AvgIpc) is 3.19. The quantitative estimate of drug-likeness (QED) is 0.110. The average molecular weight is 746 g/mol. The topological polar surface area (TPSA) is 177 Å². The molecule has 50 heavy (non-hydrogen) atoms. The summed E-state index contributed by atoms with van der Waals surface area (Å²) in [6, 6.07) is 17.3. The molecule has 0 radical (unpaired) electrons. The maximum Gasteiger partial charge on any atom is 0.258 e. The van der Waals surface area contributed by atoms with Crippen LogP contribution in [-0.2, 0) is 30.7 Å². The lowest BCUT2D eigenvalue weighted by Crippen LogP contribution is -2.53. The van der Waals surface area contributed by atoms with Gasteiger partial charge in [0.2, 0.25) is 15.9 Å². The number of para-hydroxylation sites is 1. The number of nitrogens with one attached hydrogen (secondary N) is 3. The summed E-state index contributed by atoms with van der Waals surface area (Å²) in [5, 5.41) is 14.8. The van der Waals surface area contributed by atoms with Gasteiger partial charge in [-0.05, 0) is 55.0 Å². The van der Waals surface area contributed by atoms with Crippen LogP contribution in [0.5, 0.6) is 11.5 Å². The smallest absolute Gasteiger partial charge is 0.258 e. The number of thioether (sulfide) groups is 1. The van der Waals surface area contributed by atoms with E-state index in [0.717, 1.165) is 31.4 Å². The molecule has 272 valence electrons. The van der Waals surface area contributed by atoms with Gasteiger partial charge in [0.1, 0.15) is 22.4 Å². The van der Waals surface area contributed by atoms with Crippen molar-refractivity contribution in [3.8, 4) is 11.5 Å². The van der Waals surface area contributed by atoms with E-state index in [0.29, 0.717) is 35.5 Å². The minimum absolute atomic E-state index is 0.0292. The van der Waals surface area contributed by atoms with E-state index in [9.17, 15) is 31.9 Å². The van der Waals surface area contributed by atoms with Crippen molar-refractivity contribution in [1.82, 2.24) is 15.4 Å². The minimum Gasteiger partial charge on any atom is -0.772 e. The number of amides is 2. The molecule has 3 aromatic carbocycles. The number of hydrogen-bond acceptors (Lipinski definition) is 10. The first-order valence-electron chi connectivity index (χ1n) is 16.5. The number of nitrogens with zero attached hydrogens (tertiary/aromatic N) is 1. The maximum atomic E-state index is 14.3. The number of anilines is 2. The van der Waals surface area contributed by atoms with Gasteiger partial charge in [0.15, 0.2) is 6.61 Å². The Bertz CT molecular complexity index is 1730. The van der Waals surface area contributed by atoms with Gasteiger partial charge in [-0.15, -0.1) is 11.8 Å². The summed E-state index contributed by atoms with van der Waals surface area (Å²) in [5.41, 5.74) is 0.986. The van der Waals surface area contributed by atoms with Crippen molar-refractivity contribution in [3.05, 3.63) is 72.3 Å². The molecule has 4 rings (SSSR count). The number of carbonyl (C=O) groups excluding carboxylic acids is 2. The molecule has 0 aromatic heterocycles. The van der Waals surface area contributed by atoms with Crippen LogP contribution in [0.4, 0.5) is 11.4 Å². The molecular weight excluding hydrogens is 701 g/mol. The predicted octanol–water partition coefficient (Wildman–Crippen LogP) is 4.89. The van der Waals surface area contributed by atoms with E-state index in [2.05, 4.69) is 34.1 Å². The fraction of sp³-hybridized carbons (Fsp3) is 0.429. The molecule has 1 aliphatic rings. The van der Waals surface area contributed by atoms with Crippen LogP contribution < -0.4 is 25.0 Å². The van der Waals surface area contributed by atoms with Crippen LogP contribution in [0.25, 0.3) is 0 Å². The third-order valence-electron chi connectivity index (χ3n) is 8.44. The number of carbonyl (C=O) groups is 2. The summed E-state index contributed by atoms with van der Waals surface area (Å²) in [7, 11) is -4.06. The van der Waals surface area contributed by atoms with Crippen molar-refractivity contribution < 1.29 is 36.6 Å². The van der Waals surface area contributed by atoms with Crippen LogP contribution in [0.2, 0.25) is 0 Å². The molecule has 4 N–H and O–H groups in total. The lowest BCUT2D eigenvalue weighted by molar-refractivity contribution is -0.130. The van der Waals surface area contributed by atoms with E-state index in [4.69, 9.17) is 4.74 Å². The van der Waals surface area contributed by atoms with E-state index in [1.165, 1.54) is 42.1 Å². The van der Waals surface area contributed by atoms with Gasteiger partial charge in [-0.3, -0.25) is 13.8 Å². The fourth-order valence-electron chi connectivity index (χ4n) is 5.92. The molecule has 0 saturated carbocycles. The molecule has 0 bridgehead atoms. The molecule has 1 aliphatic heterocycles. The van der Waals surface area contributed by atoms with Gasteiger partial charge in [-0.1, -0.05) is 80.9 Å². The zero-order valence-corrected chi connectivity index (χ0v) is 30.9. The van der Waals surface area contributed by atoms with Crippen molar-refractivity contribution in [1.29, 1.82) is 0 Å². The first-order chi connectivity index (χ1) is 23.9. The van der Waals surface area contributed by atoms with Crippen LogP contribution in [0, 0.1) is 0 Å². The number of fused-ring (bicyclic) bond motifs is 1. The Morgan fingerprint density at radius 3 is 2.34 bits per heavy atom. The van der Waals surface area contributed by atoms with Crippen LogP contribution >= 0.6 is 11.8 Å². The molecule has 2 atom stereocenters. The standard InChI is InChI=1S/C35H46N4O8S3/c1-4-6-17-35(18-7-5-2)24-39(26-11-9-8-10-12-26)28-21-30(48-3)29(22-31(28)50(45,46)38-35)47-23-32(41)37-33(25-13-15-27(40)16-14-25)34(42)36-19-20-49(43)44/h8-16,21-22,33,38,40H,4-7,17-20,23-24H2,1-3H3,(H,36,42)(H,37,41)(H,43,44)/p-1/t33-/m1/s1. The number of rotatable bonds is 17. The molecule has 3 aromatic rings. The van der Waals surface area contributed by atoms with E-state index >= 15 is 0 Å². The summed E-state index contributed by atoms with van der Waals surface area (Å²) >= 11 is -1.02. The third-order valence-corrected chi connectivity index (χ3v) is 11.3. The van der Waals surface area contributed by atoms with Crippen LogP contribution in [0.3, 0.4) is 0 Å². The molecule has 0 spiro atoms. The molecule has 12 nitrogen and oxygen atoms in total. The highest BCUT2D eigenvalue weighted by molar-refractivity contribution is 7.98. The lowest BCUT2D eigenvalue weighted by atomic mass is 9.87. The Kier molecular flexibility index (Phi) is 14.1. The first kappa shape index (κ1) is 39.2. The highest BCUT2D eigenvalue weighted by Crippen LogP contribution is 2.44. The number of sulfonamides is 1. The van der Waals surface area contributed by atoms with E-state index in [-0.39, 0.29) is 28.7 Å². The van der Waals surface area contributed by atoms with E-state index in [1.54, 1.807) is 6.07 Å². The van der Waals surface area contributed by atoms with Gasteiger partial charge in [-0.25, -0.2) is 13.1 Å². The van der Waals surface area contributed by atoms with Gasteiger partial charge in [-0.2, -0.15) is 0 Å². The van der Waals surface area contributed by atoms with Crippen molar-refractivity contribution in [2.75, 3.05) is 36.6 Å². The highest BCUT2D eigenvalue weighted by atomic mass is 32.2. The SMILES string of the molecule is CCCCC1(CCCC)CN(c2ccccc2)c2cc(SC)c(OCC(=O)N[C@@H](C(=O)NCCS(=O)[O-])c3ccc(O)cc3)cc2S(=O)(=O)N1. The second-order valence-corrected chi connectivity index (χ2v) is 15.7. The normalized spacial score (nSPS) is 16.0. The molecule has 1 unspecified atom stereocenters. The number of phenolic OH excluding ortho intramolecular Hbond substituents is 1. The van der Waals surface area contributed by atoms with Crippen molar-refractivity contribution in [2.24, 2.45) is 0 Å². The number of benzene rings is 3. The second-order valence-electron chi connectivity index (χ2n) is 12.2. The molecular formula is C35H45N4O8S3-. The summed E-state index contributed by atoms with van der Waals surface area (Å²) in [4.78, 5) is 28.9. The van der Waals surface area contributed by atoms with Gasteiger partial charge in [0, 0.05) is 30.6 Å². The number of ether oxygens (including phenoxy) is 1. The molecule has 0 saturated heterocycles. The molecule has 1 heterocycles. The second kappa shape index (κ2) is 18.0. The van der Waals surface area contributed by atoms with Crippen LogP contribution in [-0.4, -0.2) is 71.3 Å². The van der Waals surface area contributed by atoms with E-state index in [1.807, 2.05) is 36.6 Å². The zero-order valence-electron chi connectivity index (χ0n) is 28.5. The van der Waals surface area contributed by atoms with Gasteiger partial charge in [0.05, 0.1) is 16.1 Å². The molecule has 2 amide bonds. The molecule has 0 fully saturated rings. The first-order valence-corrected chi connectivity index (χ1v) is 20.5. The van der Waals surface area contributed by atoms with Crippen molar-refractivity contribution in [2.45, 2.75) is 73.7 Å². The Labute approximate surface area is 301 Å². The van der Waals surface area contributed by atoms with Crippen LogP contribution in [0.15, 0.2) is 76.5 Å². The Balaban J connectivity index is 1.66. The number of aromatic hydroxyl groups is 1. The van der Waals surface area contributed by atoms with Gasteiger partial charge < -0.3 is 29.9 Å². The molecule has 0 aliphatic carbocycles. The third kappa shape index (κ3) is 10.2. The van der Waals surface area contributed by atoms with Crippen LogP contribution in [0.1, 0.15) is 64.0 Å². The Morgan fingerprint density at radius 2 is 1.74 bits per heavy atom. The lowest BCUT2D eigenvalue weighted by Gasteiger charge is -2.37. The highest BCUT2D eigenvalue weighted by Gasteiger charge is 2.42. The number of hydrogen-bond donors (Lipinski definition) is 4. The molecule has 15 heteroatoms. The zero-order chi connectivity index (χ0) is 36.3. The summed E-state index contributed by atoms with van der Waals surface area (Å²) in [6.45, 7) is 3.90. The fourth-order valence-corrected chi connectivity index (χ4v) is 8.39. The summed E-state index contributed by atoms with van der Waals surface area (Å²) in [5.74, 6) is -1.50. The van der Waals surface area contributed by atoms with Gasteiger partial charge >= 0.3 is 0 Å². The van der Waals surface area contributed by atoms with Gasteiger partial charge in [0.25, 0.3) is 5.91 Å². The predicted molar refractivity (Wildman–Crippen MR) is 195 cm³/mol. The van der Waals surface area contributed by atoms with Crippen molar-refractivity contribution in [3.63, 3.8) is 0 Å². The summed E-state index contributed by atoms with van der Waals surface area (Å²) in [6.07, 6.45) is 6.71. The minimum atomic E-state index is -4.06. The Hall–Kier alpha value is -3.63. The maximum absolute atomic E-state index is 14.3. The van der Waals surface area contributed by atoms with E-state index < -0.39 is 51.1 Å². The summed E-state index contributed by atoms with van der Waals surface area (Å²) < 4.78 is 59.5.